The number of aliphatic hydroxyl groups is 1. The molecule has 1 aromatic rings. The van der Waals surface area contributed by atoms with Gasteiger partial charge in [-0.1, -0.05) is 6.07 Å². The van der Waals surface area contributed by atoms with E-state index in [-0.39, 0.29) is 6.61 Å². The van der Waals surface area contributed by atoms with E-state index in [0.29, 0.717) is 30.1 Å². The highest BCUT2D eigenvalue weighted by Gasteiger charge is 2.17. The van der Waals surface area contributed by atoms with Gasteiger partial charge >= 0.3 is 0 Å². The molecule has 0 bridgehead atoms. The molecule has 1 fully saturated rings. The summed E-state index contributed by atoms with van der Waals surface area (Å²) in [6, 6.07) is 6.99. The van der Waals surface area contributed by atoms with Crippen molar-refractivity contribution < 1.29 is 14.6 Å². The molecular formula is C21H37N3O3. The third kappa shape index (κ3) is 7.30. The number of ether oxygens (including phenoxy) is 2. The van der Waals surface area contributed by atoms with Crippen LogP contribution in [0.2, 0.25) is 0 Å². The Bertz CT molecular complexity index is 560. The molecule has 154 valence electrons. The van der Waals surface area contributed by atoms with Gasteiger partial charge in [0.15, 0.2) is 11.5 Å². The Morgan fingerprint density at radius 2 is 1.96 bits per heavy atom. The fourth-order valence-electron chi connectivity index (χ4n) is 3.20. The van der Waals surface area contributed by atoms with Gasteiger partial charge < -0.3 is 29.7 Å². The Labute approximate surface area is 164 Å². The maximum absolute atomic E-state index is 10.2. The maximum atomic E-state index is 10.2. The van der Waals surface area contributed by atoms with Crippen molar-refractivity contribution in [3.8, 4) is 11.5 Å². The van der Waals surface area contributed by atoms with E-state index >= 15 is 0 Å². The van der Waals surface area contributed by atoms with Crippen LogP contribution in [0.5, 0.6) is 11.5 Å². The Morgan fingerprint density at radius 1 is 1.26 bits per heavy atom. The number of nitrogens with one attached hydrogen (secondary N) is 1. The minimum absolute atomic E-state index is 0.251. The highest BCUT2D eigenvalue weighted by Crippen LogP contribution is 2.28. The van der Waals surface area contributed by atoms with Gasteiger partial charge in [0.2, 0.25) is 0 Å². The van der Waals surface area contributed by atoms with Crippen molar-refractivity contribution in [3.05, 3.63) is 23.8 Å². The number of methoxy groups -OCH3 is 1. The molecule has 0 unspecified atom stereocenters. The molecule has 2 N–H and O–H groups in total. The first-order valence-electron chi connectivity index (χ1n) is 9.99. The number of hydrogen-bond donors (Lipinski definition) is 2. The lowest BCUT2D eigenvalue weighted by Gasteiger charge is -2.29. The number of benzene rings is 1. The summed E-state index contributed by atoms with van der Waals surface area (Å²) in [5.41, 5.74) is 1.18. The number of aliphatic hydroxyl groups excluding tert-OH is 1. The van der Waals surface area contributed by atoms with Crippen LogP contribution in [0.1, 0.15) is 32.3 Å². The Hall–Kier alpha value is -1.34. The van der Waals surface area contributed by atoms with Gasteiger partial charge in [0, 0.05) is 25.2 Å². The van der Waals surface area contributed by atoms with E-state index in [1.54, 1.807) is 7.11 Å². The average molecular weight is 380 g/mol. The molecule has 6 nitrogen and oxygen atoms in total. The second-order valence-corrected chi connectivity index (χ2v) is 7.94. The van der Waals surface area contributed by atoms with Crippen LogP contribution in [0, 0.1) is 0 Å². The van der Waals surface area contributed by atoms with Gasteiger partial charge in [-0.2, -0.15) is 0 Å². The number of rotatable bonds is 10. The van der Waals surface area contributed by atoms with E-state index < -0.39 is 6.10 Å². The van der Waals surface area contributed by atoms with Crippen molar-refractivity contribution in [3.63, 3.8) is 0 Å². The second-order valence-electron chi connectivity index (χ2n) is 7.94. The lowest BCUT2D eigenvalue weighted by molar-refractivity contribution is 0.0668. The molecule has 0 amide bonds. The predicted octanol–water partition coefficient (Wildman–Crippen LogP) is 1.96. The number of piperidine rings is 1. The zero-order valence-corrected chi connectivity index (χ0v) is 17.6. The van der Waals surface area contributed by atoms with Crippen molar-refractivity contribution in [2.24, 2.45) is 0 Å². The molecule has 27 heavy (non-hydrogen) atoms. The summed E-state index contributed by atoms with van der Waals surface area (Å²) in [4.78, 5) is 4.48. The third-order valence-corrected chi connectivity index (χ3v) is 5.35. The first kappa shape index (κ1) is 22.0. The zero-order chi connectivity index (χ0) is 19.8. The van der Waals surface area contributed by atoms with Crippen LogP contribution in [-0.2, 0) is 6.54 Å². The van der Waals surface area contributed by atoms with Crippen molar-refractivity contribution in [2.75, 3.05) is 47.4 Å². The van der Waals surface area contributed by atoms with Gasteiger partial charge in [-0.25, -0.2) is 0 Å². The first-order chi connectivity index (χ1) is 12.9. The molecule has 1 aliphatic heterocycles. The molecule has 0 aromatic heterocycles. The van der Waals surface area contributed by atoms with Crippen LogP contribution in [-0.4, -0.2) is 80.5 Å². The fraction of sp³-hybridized carbons (Fsp3) is 0.714. The van der Waals surface area contributed by atoms with Crippen molar-refractivity contribution in [2.45, 2.75) is 51.4 Å². The summed E-state index contributed by atoms with van der Waals surface area (Å²) < 4.78 is 11.3. The van der Waals surface area contributed by atoms with Crippen LogP contribution in [0.3, 0.4) is 0 Å². The van der Waals surface area contributed by atoms with Crippen LogP contribution in [0.15, 0.2) is 18.2 Å². The Kier molecular flexibility index (Phi) is 8.83. The van der Waals surface area contributed by atoms with E-state index in [4.69, 9.17) is 9.47 Å². The van der Waals surface area contributed by atoms with E-state index in [0.717, 1.165) is 19.6 Å². The Balaban J connectivity index is 1.84. The normalized spacial score (nSPS) is 17.5. The highest BCUT2D eigenvalue weighted by atomic mass is 16.5. The van der Waals surface area contributed by atoms with E-state index in [1.165, 1.54) is 18.4 Å². The molecule has 0 saturated carbocycles. The van der Waals surface area contributed by atoms with Gasteiger partial charge in [0.25, 0.3) is 0 Å². The standard InChI is InChI=1S/C21H37N3O3/c1-16(2)24(4)14-19(25)15-27-20-7-6-17(12-21(20)26-5)13-22-18-8-10-23(3)11-9-18/h6-7,12,16,18-19,22,25H,8-11,13-15H2,1-5H3/t19-/m1/s1. The van der Waals surface area contributed by atoms with Gasteiger partial charge in [-0.3, -0.25) is 0 Å². The molecule has 1 aromatic carbocycles. The summed E-state index contributed by atoms with van der Waals surface area (Å²) in [7, 11) is 5.83. The zero-order valence-electron chi connectivity index (χ0n) is 17.6. The molecule has 2 rings (SSSR count). The molecular weight excluding hydrogens is 342 g/mol. The van der Waals surface area contributed by atoms with E-state index in [1.807, 2.05) is 19.2 Å². The number of likely N-dealkylation sites (N-methyl/N-ethyl adjacent to an activating group) is 1. The largest absolute Gasteiger partial charge is 0.493 e. The van der Waals surface area contributed by atoms with E-state index in [9.17, 15) is 5.11 Å². The van der Waals surface area contributed by atoms with Crippen LogP contribution in [0.25, 0.3) is 0 Å². The summed E-state index contributed by atoms with van der Waals surface area (Å²) in [6.07, 6.45) is 1.85. The van der Waals surface area contributed by atoms with E-state index in [2.05, 4.69) is 42.1 Å². The molecule has 0 radical (unpaired) electrons. The summed E-state index contributed by atoms with van der Waals surface area (Å²) in [5, 5.41) is 13.8. The molecule has 0 spiro atoms. The van der Waals surface area contributed by atoms with Crippen molar-refractivity contribution in [1.29, 1.82) is 0 Å². The third-order valence-electron chi connectivity index (χ3n) is 5.35. The first-order valence-corrected chi connectivity index (χ1v) is 9.99. The van der Waals surface area contributed by atoms with Gasteiger partial charge in [0.05, 0.1) is 7.11 Å². The minimum atomic E-state index is -0.534. The number of likely N-dealkylation sites (tertiary alicyclic amines) is 1. The van der Waals surface area contributed by atoms with Crippen LogP contribution < -0.4 is 14.8 Å². The molecule has 0 aliphatic carbocycles. The van der Waals surface area contributed by atoms with Gasteiger partial charge in [-0.15, -0.1) is 0 Å². The van der Waals surface area contributed by atoms with Gasteiger partial charge in [-0.05, 0) is 71.6 Å². The maximum Gasteiger partial charge on any atom is 0.161 e. The number of hydrogen-bond acceptors (Lipinski definition) is 6. The Morgan fingerprint density at radius 3 is 2.59 bits per heavy atom. The summed E-state index contributed by atoms with van der Waals surface area (Å²) >= 11 is 0. The van der Waals surface area contributed by atoms with Gasteiger partial charge in [0.1, 0.15) is 12.7 Å². The monoisotopic (exact) mass is 379 g/mol. The molecule has 1 saturated heterocycles. The molecule has 1 atom stereocenters. The quantitative estimate of drug-likeness (QED) is 0.648. The highest BCUT2D eigenvalue weighted by molar-refractivity contribution is 5.43. The molecule has 6 heteroatoms. The average Bonchev–Trinajstić information content (AvgIpc) is 2.66. The number of nitrogens with zero attached hydrogens (tertiary/aromatic N) is 2. The SMILES string of the molecule is COc1cc(CNC2CCN(C)CC2)ccc1OC[C@H](O)CN(C)C(C)C. The lowest BCUT2D eigenvalue weighted by atomic mass is 10.1. The fourth-order valence-corrected chi connectivity index (χ4v) is 3.20. The summed E-state index contributed by atoms with van der Waals surface area (Å²) in [6.45, 7) is 8.18. The lowest BCUT2D eigenvalue weighted by Crippen LogP contribution is -2.40. The van der Waals surface area contributed by atoms with Crippen molar-refractivity contribution in [1.82, 2.24) is 15.1 Å². The van der Waals surface area contributed by atoms with Crippen molar-refractivity contribution >= 4 is 0 Å². The minimum Gasteiger partial charge on any atom is -0.493 e. The predicted molar refractivity (Wildman–Crippen MR) is 110 cm³/mol. The second kappa shape index (κ2) is 10.9. The van der Waals surface area contributed by atoms with Crippen LogP contribution >= 0.6 is 0 Å². The molecule has 1 aliphatic rings. The molecule has 1 heterocycles. The summed E-state index contributed by atoms with van der Waals surface area (Å²) in [5.74, 6) is 1.38. The smallest absolute Gasteiger partial charge is 0.161 e. The van der Waals surface area contributed by atoms with Crippen LogP contribution in [0.4, 0.5) is 0 Å². The topological polar surface area (TPSA) is 57.2 Å².